The SMILES string of the molecule is NC(=NCc1cccc(OCC(F)F)n1)N1CCCCCC1. The molecule has 5 nitrogen and oxygen atoms in total. The fraction of sp³-hybridized carbons (Fsp3) is 0.600. The summed E-state index contributed by atoms with van der Waals surface area (Å²) >= 11 is 0. The molecule has 2 rings (SSSR count). The summed E-state index contributed by atoms with van der Waals surface area (Å²) in [6, 6.07) is 5.03. The second kappa shape index (κ2) is 8.51. The van der Waals surface area contributed by atoms with Crippen LogP contribution in [0.15, 0.2) is 23.2 Å². The second-order valence-corrected chi connectivity index (χ2v) is 5.24. The van der Waals surface area contributed by atoms with E-state index in [1.807, 2.05) is 0 Å². The maximum Gasteiger partial charge on any atom is 0.272 e. The molecule has 0 saturated carbocycles. The molecule has 0 atom stereocenters. The Bertz CT molecular complexity index is 488. The van der Waals surface area contributed by atoms with E-state index in [2.05, 4.69) is 14.9 Å². The van der Waals surface area contributed by atoms with Crippen molar-refractivity contribution in [1.82, 2.24) is 9.88 Å². The molecule has 22 heavy (non-hydrogen) atoms. The molecule has 0 spiro atoms. The van der Waals surface area contributed by atoms with E-state index >= 15 is 0 Å². The normalized spacial score (nSPS) is 16.7. The van der Waals surface area contributed by atoms with Crippen molar-refractivity contribution in [3.63, 3.8) is 0 Å². The van der Waals surface area contributed by atoms with Crippen LogP contribution in [0.2, 0.25) is 0 Å². The molecular weight excluding hydrogens is 290 g/mol. The quantitative estimate of drug-likeness (QED) is 0.670. The van der Waals surface area contributed by atoms with Crippen molar-refractivity contribution in [2.45, 2.75) is 38.7 Å². The number of hydrogen-bond donors (Lipinski definition) is 1. The van der Waals surface area contributed by atoms with Crippen LogP contribution in [-0.4, -0.2) is 42.0 Å². The molecule has 7 heteroatoms. The van der Waals surface area contributed by atoms with Gasteiger partial charge in [0.1, 0.15) is 0 Å². The lowest BCUT2D eigenvalue weighted by Gasteiger charge is -2.21. The highest BCUT2D eigenvalue weighted by molar-refractivity contribution is 5.78. The molecule has 1 aliphatic heterocycles. The summed E-state index contributed by atoms with van der Waals surface area (Å²) in [6.45, 7) is 1.52. The third-order valence-corrected chi connectivity index (χ3v) is 3.47. The molecule has 0 radical (unpaired) electrons. The molecule has 1 aliphatic rings. The molecule has 0 unspecified atom stereocenters. The van der Waals surface area contributed by atoms with Gasteiger partial charge in [0.25, 0.3) is 6.43 Å². The number of halogens is 2. The molecule has 2 heterocycles. The summed E-state index contributed by atoms with van der Waals surface area (Å²) in [5.74, 6) is 0.698. The summed E-state index contributed by atoms with van der Waals surface area (Å²) in [4.78, 5) is 10.6. The molecule has 122 valence electrons. The zero-order chi connectivity index (χ0) is 15.8. The minimum Gasteiger partial charge on any atom is -0.472 e. The van der Waals surface area contributed by atoms with Crippen LogP contribution in [0, 0.1) is 0 Å². The summed E-state index contributed by atoms with van der Waals surface area (Å²) in [5.41, 5.74) is 6.66. The van der Waals surface area contributed by atoms with Gasteiger partial charge in [-0.15, -0.1) is 0 Å². The molecule has 0 aromatic carbocycles. The van der Waals surface area contributed by atoms with Crippen LogP contribution in [0.4, 0.5) is 8.78 Å². The minimum absolute atomic E-state index is 0.182. The van der Waals surface area contributed by atoms with Crippen molar-refractivity contribution in [2.75, 3.05) is 19.7 Å². The van der Waals surface area contributed by atoms with Crippen molar-refractivity contribution < 1.29 is 13.5 Å². The van der Waals surface area contributed by atoms with E-state index in [1.54, 1.807) is 18.2 Å². The molecule has 2 N–H and O–H groups in total. The first kappa shape index (κ1) is 16.5. The Kier molecular flexibility index (Phi) is 6.36. The highest BCUT2D eigenvalue weighted by atomic mass is 19.3. The van der Waals surface area contributed by atoms with Gasteiger partial charge in [-0.2, -0.15) is 0 Å². The minimum atomic E-state index is -2.51. The zero-order valence-corrected chi connectivity index (χ0v) is 12.5. The summed E-state index contributed by atoms with van der Waals surface area (Å²) in [5, 5.41) is 0. The van der Waals surface area contributed by atoms with Gasteiger partial charge in [-0.1, -0.05) is 18.9 Å². The molecule has 1 aromatic rings. The third-order valence-electron chi connectivity index (χ3n) is 3.47. The third kappa shape index (κ3) is 5.46. The van der Waals surface area contributed by atoms with Gasteiger partial charge >= 0.3 is 0 Å². The Morgan fingerprint density at radius 1 is 1.27 bits per heavy atom. The summed E-state index contributed by atoms with van der Waals surface area (Å²) < 4.78 is 29.1. The second-order valence-electron chi connectivity index (χ2n) is 5.24. The Morgan fingerprint density at radius 2 is 2.00 bits per heavy atom. The van der Waals surface area contributed by atoms with Crippen LogP contribution < -0.4 is 10.5 Å². The van der Waals surface area contributed by atoms with E-state index < -0.39 is 13.0 Å². The van der Waals surface area contributed by atoms with Gasteiger partial charge in [0.05, 0.1) is 12.2 Å². The van der Waals surface area contributed by atoms with Crippen LogP contribution in [-0.2, 0) is 6.54 Å². The van der Waals surface area contributed by atoms with Crippen molar-refractivity contribution in [3.8, 4) is 5.88 Å². The molecule has 0 aliphatic carbocycles. The Morgan fingerprint density at radius 3 is 2.68 bits per heavy atom. The number of guanidine groups is 1. The van der Waals surface area contributed by atoms with Gasteiger partial charge in [-0.3, -0.25) is 0 Å². The Balaban J connectivity index is 1.91. The summed E-state index contributed by atoms with van der Waals surface area (Å²) in [6.07, 6.45) is 2.21. The predicted molar refractivity (Wildman–Crippen MR) is 81.1 cm³/mol. The van der Waals surface area contributed by atoms with Gasteiger partial charge in [0, 0.05) is 19.2 Å². The molecule has 1 saturated heterocycles. The van der Waals surface area contributed by atoms with E-state index in [0.717, 1.165) is 25.9 Å². The number of aliphatic imine (C=N–C) groups is 1. The molecule has 1 fully saturated rings. The van der Waals surface area contributed by atoms with Crippen LogP contribution in [0.5, 0.6) is 5.88 Å². The smallest absolute Gasteiger partial charge is 0.272 e. The van der Waals surface area contributed by atoms with Gasteiger partial charge in [0.2, 0.25) is 5.88 Å². The number of ether oxygens (including phenoxy) is 1. The van der Waals surface area contributed by atoms with Crippen molar-refractivity contribution in [3.05, 3.63) is 23.9 Å². The van der Waals surface area contributed by atoms with Crippen molar-refractivity contribution in [1.29, 1.82) is 0 Å². The van der Waals surface area contributed by atoms with E-state index in [-0.39, 0.29) is 5.88 Å². The maximum absolute atomic E-state index is 12.1. The number of pyridine rings is 1. The van der Waals surface area contributed by atoms with Crippen LogP contribution in [0.1, 0.15) is 31.4 Å². The lowest BCUT2D eigenvalue weighted by atomic mass is 10.2. The lowest BCUT2D eigenvalue weighted by Crippen LogP contribution is -2.38. The molecule has 0 bridgehead atoms. The number of aromatic nitrogens is 1. The van der Waals surface area contributed by atoms with Gasteiger partial charge < -0.3 is 15.4 Å². The fourth-order valence-corrected chi connectivity index (χ4v) is 2.34. The number of hydrogen-bond acceptors (Lipinski definition) is 3. The van der Waals surface area contributed by atoms with E-state index in [4.69, 9.17) is 10.5 Å². The van der Waals surface area contributed by atoms with Crippen molar-refractivity contribution >= 4 is 5.96 Å². The maximum atomic E-state index is 12.1. The fourth-order valence-electron chi connectivity index (χ4n) is 2.34. The molecule has 0 amide bonds. The highest BCUT2D eigenvalue weighted by Crippen LogP contribution is 2.11. The summed E-state index contributed by atoms with van der Waals surface area (Å²) in [7, 11) is 0. The lowest BCUT2D eigenvalue weighted by molar-refractivity contribution is 0.0795. The number of nitrogens with two attached hydrogens (primary N) is 1. The average Bonchev–Trinajstić information content (AvgIpc) is 2.80. The molecular formula is C15H22F2N4O. The topological polar surface area (TPSA) is 63.7 Å². The molecule has 1 aromatic heterocycles. The van der Waals surface area contributed by atoms with Gasteiger partial charge in [0.15, 0.2) is 12.6 Å². The first-order valence-corrected chi connectivity index (χ1v) is 7.57. The first-order chi connectivity index (χ1) is 10.6. The van der Waals surface area contributed by atoms with E-state index in [0.29, 0.717) is 18.2 Å². The average molecular weight is 312 g/mol. The zero-order valence-electron chi connectivity index (χ0n) is 12.5. The highest BCUT2D eigenvalue weighted by Gasteiger charge is 2.11. The van der Waals surface area contributed by atoms with E-state index in [9.17, 15) is 8.78 Å². The first-order valence-electron chi connectivity index (χ1n) is 7.57. The number of alkyl halides is 2. The predicted octanol–water partition coefficient (Wildman–Crippen LogP) is 2.42. The van der Waals surface area contributed by atoms with Crippen LogP contribution in [0.3, 0.4) is 0 Å². The Labute approximate surface area is 129 Å². The number of rotatable bonds is 5. The van der Waals surface area contributed by atoms with E-state index in [1.165, 1.54) is 12.8 Å². The largest absolute Gasteiger partial charge is 0.472 e. The number of likely N-dealkylation sites (tertiary alicyclic amines) is 1. The van der Waals surface area contributed by atoms with Crippen LogP contribution in [0.25, 0.3) is 0 Å². The van der Waals surface area contributed by atoms with Crippen LogP contribution >= 0.6 is 0 Å². The van der Waals surface area contributed by atoms with Gasteiger partial charge in [-0.25, -0.2) is 18.8 Å². The standard InChI is InChI=1S/C15H22F2N4O/c16-13(17)11-22-14-7-5-6-12(20-14)10-19-15(18)21-8-3-1-2-4-9-21/h5-7,13H,1-4,8-11H2,(H2,18,19). The monoisotopic (exact) mass is 312 g/mol. The number of nitrogens with zero attached hydrogens (tertiary/aromatic N) is 3. The van der Waals surface area contributed by atoms with Crippen molar-refractivity contribution in [2.24, 2.45) is 10.7 Å². The van der Waals surface area contributed by atoms with Gasteiger partial charge in [-0.05, 0) is 18.9 Å². The Hall–Kier alpha value is -1.92.